The molecule has 0 saturated heterocycles. The topological polar surface area (TPSA) is 44.4 Å². The predicted molar refractivity (Wildman–Crippen MR) is 79.4 cm³/mol. The highest BCUT2D eigenvalue weighted by Crippen LogP contribution is 2.32. The maximum absolute atomic E-state index is 11.8. The van der Waals surface area contributed by atoms with Crippen molar-refractivity contribution in [2.24, 2.45) is 0 Å². The summed E-state index contributed by atoms with van der Waals surface area (Å²) in [6.45, 7) is 1.89. The normalized spacial score (nSPS) is 17.4. The van der Waals surface area contributed by atoms with Gasteiger partial charge in [0.05, 0.1) is 0 Å². The Hall–Kier alpha value is -1.91. The van der Waals surface area contributed by atoms with Crippen molar-refractivity contribution in [1.29, 1.82) is 0 Å². The van der Waals surface area contributed by atoms with Crippen molar-refractivity contribution in [3.8, 4) is 0 Å². The molecular formula is C14H11Cl2N3O. The first kappa shape index (κ1) is 13.1. The minimum atomic E-state index is -0.129. The highest BCUT2D eigenvalue weighted by molar-refractivity contribution is 6.35. The molecule has 102 valence electrons. The van der Waals surface area contributed by atoms with E-state index in [0.717, 1.165) is 16.8 Å². The summed E-state index contributed by atoms with van der Waals surface area (Å²) in [6, 6.07) is 5.34. The molecule has 2 N–H and O–H groups in total. The Balaban J connectivity index is 2.06. The molecule has 0 atom stereocenters. The van der Waals surface area contributed by atoms with Gasteiger partial charge in [-0.1, -0.05) is 29.3 Å². The average molecular weight is 308 g/mol. The first-order valence-corrected chi connectivity index (χ1v) is 6.73. The van der Waals surface area contributed by atoms with Crippen molar-refractivity contribution in [2.45, 2.75) is 6.92 Å². The fourth-order valence-corrected chi connectivity index (χ4v) is 2.65. The summed E-state index contributed by atoms with van der Waals surface area (Å²) >= 11 is 12.2. The summed E-state index contributed by atoms with van der Waals surface area (Å²) in [5.74, 6) is 0.528. The quantitative estimate of drug-likeness (QED) is 0.838. The highest BCUT2D eigenvalue weighted by atomic mass is 35.5. The lowest BCUT2D eigenvalue weighted by Gasteiger charge is -2.33. The van der Waals surface area contributed by atoms with Crippen LogP contribution in [0, 0.1) is 0 Å². The van der Waals surface area contributed by atoms with Gasteiger partial charge >= 0.3 is 0 Å². The summed E-state index contributed by atoms with van der Waals surface area (Å²) in [5.41, 5.74) is 5.65. The Bertz CT molecular complexity index is 692. The minimum Gasteiger partial charge on any atom is -0.346 e. The molecule has 2 heterocycles. The molecule has 0 saturated carbocycles. The van der Waals surface area contributed by atoms with Crippen LogP contribution in [0.25, 0.3) is 5.57 Å². The van der Waals surface area contributed by atoms with Gasteiger partial charge in [-0.25, -0.2) is 5.01 Å². The van der Waals surface area contributed by atoms with Crippen LogP contribution in [-0.2, 0) is 4.79 Å². The van der Waals surface area contributed by atoms with E-state index >= 15 is 0 Å². The summed E-state index contributed by atoms with van der Waals surface area (Å²) < 4.78 is 0. The van der Waals surface area contributed by atoms with E-state index in [1.54, 1.807) is 18.3 Å². The van der Waals surface area contributed by atoms with Crippen molar-refractivity contribution in [3.63, 3.8) is 0 Å². The molecule has 0 aliphatic carbocycles. The van der Waals surface area contributed by atoms with Crippen molar-refractivity contribution < 1.29 is 4.79 Å². The summed E-state index contributed by atoms with van der Waals surface area (Å²) in [5, 5.41) is 5.62. The number of benzene rings is 1. The van der Waals surface area contributed by atoms with Gasteiger partial charge < -0.3 is 5.32 Å². The van der Waals surface area contributed by atoms with Crippen molar-refractivity contribution in [3.05, 3.63) is 63.7 Å². The third kappa shape index (κ3) is 2.17. The van der Waals surface area contributed by atoms with Crippen molar-refractivity contribution in [1.82, 2.24) is 15.8 Å². The first-order valence-electron chi connectivity index (χ1n) is 5.98. The molecule has 2 aliphatic heterocycles. The number of hydrazine groups is 1. The zero-order valence-corrected chi connectivity index (χ0v) is 12.1. The van der Waals surface area contributed by atoms with Gasteiger partial charge in [0.25, 0.3) is 5.91 Å². The number of allylic oxidation sites excluding steroid dienone is 3. The Morgan fingerprint density at radius 1 is 1.25 bits per heavy atom. The van der Waals surface area contributed by atoms with E-state index in [2.05, 4.69) is 10.7 Å². The van der Waals surface area contributed by atoms with Gasteiger partial charge in [0, 0.05) is 39.2 Å². The van der Waals surface area contributed by atoms with E-state index in [1.165, 1.54) is 11.1 Å². The fourth-order valence-electron chi connectivity index (χ4n) is 2.14. The molecular weight excluding hydrogens is 297 g/mol. The SMILES string of the molecule is CC1=C(c2ccc(Cl)cc2Cl)C=C2NC=CC(=O)N2N1. The Kier molecular flexibility index (Phi) is 3.20. The molecule has 0 unspecified atom stereocenters. The average Bonchev–Trinajstić information content (AvgIpc) is 2.40. The number of hydrogen-bond acceptors (Lipinski definition) is 3. The van der Waals surface area contributed by atoms with E-state index in [-0.39, 0.29) is 5.91 Å². The predicted octanol–water partition coefficient (Wildman–Crippen LogP) is 3.03. The van der Waals surface area contributed by atoms with Gasteiger partial charge in [0.15, 0.2) is 0 Å². The molecule has 3 rings (SSSR count). The number of halogens is 2. The van der Waals surface area contributed by atoms with E-state index in [4.69, 9.17) is 23.2 Å². The summed E-state index contributed by atoms with van der Waals surface area (Å²) in [6.07, 6.45) is 4.94. The van der Waals surface area contributed by atoms with Crippen molar-refractivity contribution in [2.75, 3.05) is 0 Å². The van der Waals surface area contributed by atoms with Gasteiger partial charge in [-0.2, -0.15) is 0 Å². The molecule has 0 bridgehead atoms. The molecule has 0 fully saturated rings. The van der Waals surface area contributed by atoms with Gasteiger partial charge in [-0.05, 0) is 25.1 Å². The largest absolute Gasteiger partial charge is 0.346 e. The van der Waals surface area contributed by atoms with Crippen LogP contribution in [0.15, 0.2) is 48.1 Å². The molecule has 2 aliphatic rings. The third-order valence-electron chi connectivity index (χ3n) is 3.10. The number of rotatable bonds is 1. The first-order chi connectivity index (χ1) is 9.56. The van der Waals surface area contributed by atoms with Crippen LogP contribution in [0.4, 0.5) is 0 Å². The highest BCUT2D eigenvalue weighted by Gasteiger charge is 2.25. The van der Waals surface area contributed by atoms with Gasteiger partial charge in [0.2, 0.25) is 0 Å². The molecule has 20 heavy (non-hydrogen) atoms. The monoisotopic (exact) mass is 307 g/mol. The van der Waals surface area contributed by atoms with Gasteiger partial charge in [-0.15, -0.1) is 0 Å². The fraction of sp³-hybridized carbons (Fsp3) is 0.0714. The molecule has 0 radical (unpaired) electrons. The molecule has 4 nitrogen and oxygen atoms in total. The maximum Gasteiger partial charge on any atom is 0.272 e. The van der Waals surface area contributed by atoms with E-state index in [9.17, 15) is 4.79 Å². The lowest BCUT2D eigenvalue weighted by atomic mass is 10.0. The lowest BCUT2D eigenvalue weighted by Crippen LogP contribution is -2.47. The van der Waals surface area contributed by atoms with E-state index in [0.29, 0.717) is 15.9 Å². The second-order valence-electron chi connectivity index (χ2n) is 4.46. The Morgan fingerprint density at radius 2 is 2.05 bits per heavy atom. The zero-order valence-electron chi connectivity index (χ0n) is 10.6. The number of fused-ring (bicyclic) bond motifs is 1. The van der Waals surface area contributed by atoms with Crippen LogP contribution in [0.5, 0.6) is 0 Å². The minimum absolute atomic E-state index is 0.129. The number of nitrogens with one attached hydrogen (secondary N) is 2. The van der Waals surface area contributed by atoms with Gasteiger partial charge in [-0.3, -0.25) is 10.2 Å². The van der Waals surface area contributed by atoms with Crippen LogP contribution in [0.1, 0.15) is 12.5 Å². The Morgan fingerprint density at radius 3 is 2.80 bits per heavy atom. The van der Waals surface area contributed by atoms with Crippen LogP contribution in [0.2, 0.25) is 10.0 Å². The van der Waals surface area contributed by atoms with Crippen LogP contribution in [-0.4, -0.2) is 10.9 Å². The smallest absolute Gasteiger partial charge is 0.272 e. The standard InChI is InChI=1S/C14H11Cl2N3O/c1-8-11(10-3-2-9(15)6-12(10)16)7-13-17-5-4-14(20)19(13)18-8/h2-7,17-18H,1H3. The van der Waals surface area contributed by atoms with Gasteiger partial charge in [0.1, 0.15) is 5.82 Å². The molecule has 6 heteroatoms. The number of carbonyl (C=O) groups excluding carboxylic acids is 1. The number of nitrogens with zero attached hydrogens (tertiary/aromatic N) is 1. The molecule has 1 amide bonds. The zero-order chi connectivity index (χ0) is 14.3. The molecule has 1 aromatic rings. The maximum atomic E-state index is 11.8. The second kappa shape index (κ2) is 4.89. The Labute approximate surface area is 126 Å². The summed E-state index contributed by atoms with van der Waals surface area (Å²) in [7, 11) is 0. The van der Waals surface area contributed by atoms with Crippen LogP contribution in [0.3, 0.4) is 0 Å². The number of carbonyl (C=O) groups is 1. The lowest BCUT2D eigenvalue weighted by molar-refractivity contribution is -0.127. The van der Waals surface area contributed by atoms with E-state index < -0.39 is 0 Å². The van der Waals surface area contributed by atoms with Crippen molar-refractivity contribution >= 4 is 34.7 Å². The second-order valence-corrected chi connectivity index (χ2v) is 5.30. The third-order valence-corrected chi connectivity index (χ3v) is 3.65. The molecule has 1 aromatic carbocycles. The molecule has 0 aromatic heterocycles. The van der Waals surface area contributed by atoms with E-state index in [1.807, 2.05) is 19.1 Å². The van der Waals surface area contributed by atoms with Crippen LogP contribution < -0.4 is 10.7 Å². The van der Waals surface area contributed by atoms with Crippen LogP contribution >= 0.6 is 23.2 Å². The summed E-state index contributed by atoms with van der Waals surface area (Å²) in [4.78, 5) is 11.8. The molecule has 0 spiro atoms. The number of amides is 1. The number of hydrogen-bond donors (Lipinski definition) is 2.